The van der Waals surface area contributed by atoms with E-state index in [1.807, 2.05) is 11.8 Å². The molecule has 0 radical (unpaired) electrons. The summed E-state index contributed by atoms with van der Waals surface area (Å²) in [4.78, 5) is 29.1. The van der Waals surface area contributed by atoms with Crippen molar-refractivity contribution in [3.8, 4) is 11.5 Å². The van der Waals surface area contributed by atoms with E-state index in [1.165, 1.54) is 16.7 Å². The van der Waals surface area contributed by atoms with Crippen molar-refractivity contribution in [2.45, 2.75) is 19.8 Å². The van der Waals surface area contributed by atoms with Gasteiger partial charge in [-0.05, 0) is 61.7 Å². The molecule has 178 valence electrons. The Labute approximate surface area is 217 Å². The van der Waals surface area contributed by atoms with Gasteiger partial charge in [-0.15, -0.1) is 0 Å². The summed E-state index contributed by atoms with van der Waals surface area (Å²) in [6, 6.07) is 10.2. The second kappa shape index (κ2) is 11.0. The summed E-state index contributed by atoms with van der Waals surface area (Å²) in [6.45, 7) is 3.81. The zero-order chi connectivity index (χ0) is 24.2. The van der Waals surface area contributed by atoms with Crippen molar-refractivity contribution in [3.63, 3.8) is 0 Å². The Morgan fingerprint density at radius 2 is 1.88 bits per heavy atom. The largest absolute Gasteiger partial charge is 0.490 e. The van der Waals surface area contributed by atoms with E-state index in [1.54, 1.807) is 42.5 Å². The molecule has 0 bridgehead atoms. The molecule has 2 aliphatic heterocycles. The highest BCUT2D eigenvalue weighted by molar-refractivity contribution is 8.27. The maximum atomic E-state index is 13.1. The van der Waals surface area contributed by atoms with Gasteiger partial charge in [0.25, 0.3) is 11.8 Å². The number of carbonyl (C=O) groups excluding carboxylic acids is 2. The number of carbonyl (C=O) groups is 2. The molecule has 0 atom stereocenters. The summed E-state index contributed by atoms with van der Waals surface area (Å²) < 4.78 is 11.9. The van der Waals surface area contributed by atoms with Crippen LogP contribution in [0.5, 0.6) is 11.5 Å². The summed E-state index contributed by atoms with van der Waals surface area (Å²) in [5, 5.41) is 0.816. The van der Waals surface area contributed by atoms with Crippen molar-refractivity contribution < 1.29 is 19.1 Å². The Morgan fingerprint density at radius 1 is 1.12 bits per heavy atom. The molecule has 2 amide bonds. The third-order valence-corrected chi connectivity index (χ3v) is 7.16. The third kappa shape index (κ3) is 5.51. The highest BCUT2D eigenvalue weighted by Gasteiger charge is 2.34. The maximum Gasteiger partial charge on any atom is 0.270 e. The van der Waals surface area contributed by atoms with E-state index in [2.05, 4.69) is 0 Å². The Morgan fingerprint density at radius 3 is 2.59 bits per heavy atom. The van der Waals surface area contributed by atoms with Gasteiger partial charge in [0, 0.05) is 18.1 Å². The standard InChI is InChI=1S/C24H22Cl2N2O4S2/c1-2-31-20-11-15(5-8-19(20)32-14-22(29)27-9-3-4-10-27)12-21-23(30)28(24(33)34-21)18-7-6-16(25)13-17(18)26/h5-8,11-13H,2-4,9-10,14H2,1H3/b21-12+. The molecule has 0 N–H and O–H groups in total. The number of hydrogen-bond acceptors (Lipinski definition) is 6. The summed E-state index contributed by atoms with van der Waals surface area (Å²) >= 11 is 18.9. The molecular formula is C24H22Cl2N2O4S2. The number of anilines is 1. The van der Waals surface area contributed by atoms with Crippen molar-refractivity contribution in [1.29, 1.82) is 0 Å². The second-order valence-electron chi connectivity index (χ2n) is 7.63. The number of hydrogen-bond donors (Lipinski definition) is 0. The molecule has 6 nitrogen and oxygen atoms in total. The quantitative estimate of drug-likeness (QED) is 0.329. The fourth-order valence-corrected chi connectivity index (χ4v) is 5.47. The number of halogens is 2. The SMILES string of the molecule is CCOc1cc(/C=C2/SC(=S)N(c3ccc(Cl)cc3Cl)C2=O)ccc1OCC(=O)N1CCCC1. The molecule has 0 unspecified atom stereocenters. The van der Waals surface area contributed by atoms with Gasteiger partial charge in [-0.3, -0.25) is 14.5 Å². The number of amides is 2. The molecule has 2 aliphatic rings. The first-order valence-corrected chi connectivity index (χ1v) is 12.8. The number of rotatable bonds is 7. The fourth-order valence-electron chi connectivity index (χ4n) is 3.69. The number of likely N-dealkylation sites (tertiary alicyclic amines) is 1. The molecule has 0 aliphatic carbocycles. The molecule has 10 heteroatoms. The van der Waals surface area contributed by atoms with Crippen LogP contribution in [0.3, 0.4) is 0 Å². The first kappa shape index (κ1) is 24.9. The van der Waals surface area contributed by atoms with Crippen LogP contribution in [0, 0.1) is 0 Å². The Hall–Kier alpha value is -2.26. The van der Waals surface area contributed by atoms with Gasteiger partial charge in [0.05, 0.1) is 22.2 Å². The normalized spacial score (nSPS) is 17.1. The molecule has 34 heavy (non-hydrogen) atoms. The minimum Gasteiger partial charge on any atom is -0.490 e. The van der Waals surface area contributed by atoms with E-state index in [-0.39, 0.29) is 18.4 Å². The Balaban J connectivity index is 1.52. The molecule has 0 spiro atoms. The average Bonchev–Trinajstić information content (AvgIpc) is 3.43. The number of ether oxygens (including phenoxy) is 2. The number of thioether (sulfide) groups is 1. The van der Waals surface area contributed by atoms with Gasteiger partial charge >= 0.3 is 0 Å². The summed E-state index contributed by atoms with van der Waals surface area (Å²) in [5.74, 6) is 0.677. The average molecular weight is 537 g/mol. The highest BCUT2D eigenvalue weighted by Crippen LogP contribution is 2.40. The van der Waals surface area contributed by atoms with E-state index in [0.29, 0.717) is 43.1 Å². The van der Waals surface area contributed by atoms with E-state index >= 15 is 0 Å². The highest BCUT2D eigenvalue weighted by atomic mass is 35.5. The smallest absolute Gasteiger partial charge is 0.270 e. The summed E-state index contributed by atoms with van der Waals surface area (Å²) in [7, 11) is 0. The van der Waals surface area contributed by atoms with Gasteiger partial charge in [-0.25, -0.2) is 0 Å². The lowest BCUT2D eigenvalue weighted by molar-refractivity contribution is -0.132. The fraction of sp³-hybridized carbons (Fsp3) is 0.292. The molecule has 2 aromatic carbocycles. The van der Waals surface area contributed by atoms with Crippen LogP contribution in [0.4, 0.5) is 5.69 Å². The van der Waals surface area contributed by atoms with Crippen molar-refractivity contribution in [2.24, 2.45) is 0 Å². The number of thiocarbonyl (C=S) groups is 1. The molecule has 0 aromatic heterocycles. The van der Waals surface area contributed by atoms with E-state index < -0.39 is 0 Å². The summed E-state index contributed by atoms with van der Waals surface area (Å²) in [5.41, 5.74) is 1.22. The van der Waals surface area contributed by atoms with Gasteiger partial charge in [-0.2, -0.15) is 0 Å². The molecule has 4 rings (SSSR count). The first-order chi connectivity index (χ1) is 16.4. The zero-order valence-electron chi connectivity index (χ0n) is 18.4. The predicted molar refractivity (Wildman–Crippen MR) is 141 cm³/mol. The van der Waals surface area contributed by atoms with Crippen LogP contribution in [0.25, 0.3) is 6.08 Å². The van der Waals surface area contributed by atoms with Crippen LogP contribution in [0.2, 0.25) is 10.0 Å². The van der Waals surface area contributed by atoms with Gasteiger partial charge in [-0.1, -0.05) is 53.2 Å². The van der Waals surface area contributed by atoms with E-state index in [0.717, 1.165) is 31.5 Å². The van der Waals surface area contributed by atoms with E-state index in [9.17, 15) is 9.59 Å². The third-order valence-electron chi connectivity index (χ3n) is 5.32. The Kier molecular flexibility index (Phi) is 8.03. The van der Waals surface area contributed by atoms with Crippen LogP contribution in [-0.4, -0.2) is 47.3 Å². The van der Waals surface area contributed by atoms with Gasteiger partial charge in [0.1, 0.15) is 0 Å². The predicted octanol–water partition coefficient (Wildman–Crippen LogP) is 5.80. The minimum atomic E-state index is -0.270. The monoisotopic (exact) mass is 536 g/mol. The van der Waals surface area contributed by atoms with Crippen LogP contribution in [0.1, 0.15) is 25.3 Å². The van der Waals surface area contributed by atoms with Crippen LogP contribution in [-0.2, 0) is 9.59 Å². The van der Waals surface area contributed by atoms with Gasteiger partial charge in [0.15, 0.2) is 22.4 Å². The van der Waals surface area contributed by atoms with Crippen LogP contribution >= 0.6 is 47.2 Å². The zero-order valence-corrected chi connectivity index (χ0v) is 21.5. The van der Waals surface area contributed by atoms with Crippen molar-refractivity contribution in [2.75, 3.05) is 31.2 Å². The molecular weight excluding hydrogens is 515 g/mol. The summed E-state index contributed by atoms with van der Waals surface area (Å²) in [6.07, 6.45) is 3.80. The lowest BCUT2D eigenvalue weighted by Gasteiger charge is -2.17. The van der Waals surface area contributed by atoms with Crippen molar-refractivity contribution in [1.82, 2.24) is 4.90 Å². The molecule has 2 saturated heterocycles. The van der Waals surface area contributed by atoms with E-state index in [4.69, 9.17) is 44.9 Å². The molecule has 0 saturated carbocycles. The topological polar surface area (TPSA) is 59.1 Å². The van der Waals surface area contributed by atoms with Crippen molar-refractivity contribution >= 4 is 75.1 Å². The maximum absolute atomic E-state index is 13.1. The lowest BCUT2D eigenvalue weighted by Crippen LogP contribution is -2.32. The molecule has 2 heterocycles. The van der Waals surface area contributed by atoms with Crippen LogP contribution < -0.4 is 14.4 Å². The van der Waals surface area contributed by atoms with Crippen LogP contribution in [0.15, 0.2) is 41.3 Å². The second-order valence-corrected chi connectivity index (χ2v) is 10.1. The number of nitrogens with zero attached hydrogens (tertiary/aromatic N) is 2. The first-order valence-electron chi connectivity index (χ1n) is 10.8. The Bertz CT molecular complexity index is 1170. The van der Waals surface area contributed by atoms with Crippen molar-refractivity contribution in [3.05, 3.63) is 56.9 Å². The minimum absolute atomic E-state index is 0.0337. The molecule has 2 fully saturated rings. The van der Waals surface area contributed by atoms with Gasteiger partial charge in [0.2, 0.25) is 0 Å². The number of benzene rings is 2. The molecule has 2 aromatic rings. The lowest BCUT2D eigenvalue weighted by atomic mass is 10.1. The van der Waals surface area contributed by atoms with Gasteiger partial charge < -0.3 is 14.4 Å².